The molecule has 4 nitrogen and oxygen atoms in total. The van der Waals surface area contributed by atoms with Crippen molar-refractivity contribution in [2.45, 2.75) is 26.2 Å². The third-order valence-electron chi connectivity index (χ3n) is 3.20. The average molecular weight is 214 g/mol. The van der Waals surface area contributed by atoms with E-state index in [1.807, 2.05) is 6.92 Å². The van der Waals surface area contributed by atoms with Gasteiger partial charge in [-0.05, 0) is 18.8 Å². The summed E-state index contributed by atoms with van der Waals surface area (Å²) in [5.74, 6) is -1.06. The van der Waals surface area contributed by atoms with Crippen molar-refractivity contribution in [1.29, 1.82) is 0 Å². The van der Waals surface area contributed by atoms with Gasteiger partial charge < -0.3 is 9.47 Å². The highest BCUT2D eigenvalue weighted by Gasteiger charge is 2.41. The van der Waals surface area contributed by atoms with Gasteiger partial charge in [0.05, 0.1) is 26.1 Å². The van der Waals surface area contributed by atoms with Crippen LogP contribution >= 0.6 is 0 Å². The fraction of sp³-hybridized carbons (Fsp3) is 0.818. The Morgan fingerprint density at radius 2 is 1.67 bits per heavy atom. The van der Waals surface area contributed by atoms with Gasteiger partial charge in [0.2, 0.25) is 0 Å². The van der Waals surface area contributed by atoms with Crippen LogP contribution in [0.2, 0.25) is 0 Å². The maximum absolute atomic E-state index is 11.6. The second-order valence-electron chi connectivity index (χ2n) is 4.09. The molecule has 15 heavy (non-hydrogen) atoms. The third kappa shape index (κ3) is 2.49. The molecule has 1 fully saturated rings. The van der Waals surface area contributed by atoms with Crippen molar-refractivity contribution in [3.05, 3.63) is 0 Å². The van der Waals surface area contributed by atoms with E-state index in [9.17, 15) is 9.59 Å². The van der Waals surface area contributed by atoms with Crippen LogP contribution in [0, 0.1) is 17.8 Å². The van der Waals surface area contributed by atoms with Crippen molar-refractivity contribution in [1.82, 2.24) is 0 Å². The van der Waals surface area contributed by atoms with Crippen LogP contribution in [0.3, 0.4) is 0 Å². The molecular weight excluding hydrogens is 196 g/mol. The third-order valence-corrected chi connectivity index (χ3v) is 3.20. The van der Waals surface area contributed by atoms with E-state index in [0.29, 0.717) is 0 Å². The standard InChI is InChI=1S/C11H18O4/c1-7-5-4-6-8(10(12)14-2)9(7)11(13)15-3/h7-9H,4-6H2,1-3H3/t7-,8-,9+/m1/s1. The molecule has 0 radical (unpaired) electrons. The summed E-state index contributed by atoms with van der Waals surface area (Å²) in [5, 5.41) is 0. The van der Waals surface area contributed by atoms with Crippen molar-refractivity contribution in [2.24, 2.45) is 17.8 Å². The number of carbonyl (C=O) groups is 2. The second kappa shape index (κ2) is 5.14. The molecule has 0 saturated heterocycles. The predicted molar refractivity (Wildman–Crippen MR) is 54.0 cm³/mol. The molecular formula is C11H18O4. The van der Waals surface area contributed by atoms with Gasteiger partial charge in [-0.3, -0.25) is 9.59 Å². The number of ether oxygens (including phenoxy) is 2. The molecule has 0 bridgehead atoms. The second-order valence-corrected chi connectivity index (χ2v) is 4.09. The molecule has 0 heterocycles. The van der Waals surface area contributed by atoms with Gasteiger partial charge in [0.1, 0.15) is 0 Å². The van der Waals surface area contributed by atoms with E-state index in [0.717, 1.165) is 19.3 Å². The van der Waals surface area contributed by atoms with Crippen LogP contribution in [0.1, 0.15) is 26.2 Å². The quantitative estimate of drug-likeness (QED) is 0.652. The zero-order valence-corrected chi connectivity index (χ0v) is 9.49. The molecule has 0 amide bonds. The Morgan fingerprint density at radius 3 is 2.20 bits per heavy atom. The van der Waals surface area contributed by atoms with Gasteiger partial charge in [-0.15, -0.1) is 0 Å². The van der Waals surface area contributed by atoms with Crippen LogP contribution in [0.4, 0.5) is 0 Å². The molecule has 1 aliphatic carbocycles. The number of carbonyl (C=O) groups excluding carboxylic acids is 2. The lowest BCUT2D eigenvalue weighted by Crippen LogP contribution is -2.38. The Labute approximate surface area is 89.9 Å². The molecule has 0 N–H and O–H groups in total. The number of methoxy groups -OCH3 is 2. The average Bonchev–Trinajstić information content (AvgIpc) is 2.26. The normalized spacial score (nSPS) is 30.7. The molecule has 0 aromatic heterocycles. The van der Waals surface area contributed by atoms with E-state index in [1.165, 1.54) is 14.2 Å². The number of esters is 2. The Balaban J connectivity index is 2.81. The van der Waals surface area contributed by atoms with Gasteiger partial charge in [0.15, 0.2) is 0 Å². The van der Waals surface area contributed by atoms with Crippen molar-refractivity contribution < 1.29 is 19.1 Å². The number of rotatable bonds is 2. The molecule has 0 aromatic rings. The summed E-state index contributed by atoms with van der Waals surface area (Å²) in [6, 6.07) is 0. The molecule has 3 atom stereocenters. The Hall–Kier alpha value is -1.06. The van der Waals surface area contributed by atoms with Crippen molar-refractivity contribution in [2.75, 3.05) is 14.2 Å². The summed E-state index contributed by atoms with van der Waals surface area (Å²) in [7, 11) is 2.72. The van der Waals surface area contributed by atoms with Crippen molar-refractivity contribution in [3.8, 4) is 0 Å². The molecule has 1 aliphatic rings. The van der Waals surface area contributed by atoms with E-state index in [2.05, 4.69) is 0 Å². The lowest BCUT2D eigenvalue weighted by Gasteiger charge is -2.32. The van der Waals surface area contributed by atoms with Crippen molar-refractivity contribution in [3.63, 3.8) is 0 Å². The van der Waals surface area contributed by atoms with E-state index < -0.39 is 0 Å². The zero-order chi connectivity index (χ0) is 11.4. The first-order chi connectivity index (χ1) is 7.11. The number of hydrogen-bond donors (Lipinski definition) is 0. The molecule has 1 saturated carbocycles. The van der Waals surface area contributed by atoms with Gasteiger partial charge in [-0.1, -0.05) is 13.3 Å². The van der Waals surface area contributed by atoms with Crippen molar-refractivity contribution >= 4 is 11.9 Å². The minimum absolute atomic E-state index is 0.190. The highest BCUT2D eigenvalue weighted by molar-refractivity contribution is 5.82. The van der Waals surface area contributed by atoms with E-state index in [4.69, 9.17) is 9.47 Å². The largest absolute Gasteiger partial charge is 0.469 e. The van der Waals surface area contributed by atoms with Gasteiger partial charge in [-0.2, -0.15) is 0 Å². The maximum atomic E-state index is 11.6. The molecule has 1 rings (SSSR count). The minimum Gasteiger partial charge on any atom is -0.469 e. The van der Waals surface area contributed by atoms with Crippen LogP contribution in [0.25, 0.3) is 0 Å². The summed E-state index contributed by atoms with van der Waals surface area (Å²) in [4.78, 5) is 23.1. The topological polar surface area (TPSA) is 52.6 Å². The summed E-state index contributed by atoms with van der Waals surface area (Å²) in [5.41, 5.74) is 0. The highest BCUT2D eigenvalue weighted by Crippen LogP contribution is 2.36. The molecule has 86 valence electrons. The Kier molecular flexibility index (Phi) is 4.12. The minimum atomic E-state index is -0.337. The van der Waals surface area contributed by atoms with Gasteiger partial charge in [-0.25, -0.2) is 0 Å². The van der Waals surface area contributed by atoms with Gasteiger partial charge in [0.25, 0.3) is 0 Å². The van der Waals surface area contributed by atoms with Crippen LogP contribution in [0.15, 0.2) is 0 Å². The van der Waals surface area contributed by atoms with Gasteiger partial charge in [0, 0.05) is 0 Å². The molecule has 0 aromatic carbocycles. The first-order valence-corrected chi connectivity index (χ1v) is 5.27. The zero-order valence-electron chi connectivity index (χ0n) is 9.49. The Bertz CT molecular complexity index is 249. The predicted octanol–water partition coefficient (Wildman–Crippen LogP) is 1.38. The summed E-state index contributed by atoms with van der Waals surface area (Å²) in [6.07, 6.45) is 2.65. The van der Waals surface area contributed by atoms with Crippen LogP contribution < -0.4 is 0 Å². The lowest BCUT2D eigenvalue weighted by molar-refractivity contribution is -0.161. The highest BCUT2D eigenvalue weighted by atomic mass is 16.5. The molecule has 0 spiro atoms. The monoisotopic (exact) mass is 214 g/mol. The smallest absolute Gasteiger partial charge is 0.309 e. The summed E-state index contributed by atoms with van der Waals surface area (Å²) in [6.45, 7) is 1.98. The van der Waals surface area contributed by atoms with E-state index >= 15 is 0 Å². The van der Waals surface area contributed by atoms with E-state index in [1.54, 1.807) is 0 Å². The number of hydrogen-bond acceptors (Lipinski definition) is 4. The lowest BCUT2D eigenvalue weighted by atomic mass is 9.73. The maximum Gasteiger partial charge on any atom is 0.309 e. The van der Waals surface area contributed by atoms with E-state index in [-0.39, 0.29) is 29.7 Å². The Morgan fingerprint density at radius 1 is 1.07 bits per heavy atom. The summed E-state index contributed by atoms with van der Waals surface area (Å²) < 4.78 is 9.45. The fourth-order valence-corrected chi connectivity index (χ4v) is 2.36. The van der Waals surface area contributed by atoms with Crippen LogP contribution in [0.5, 0.6) is 0 Å². The molecule has 0 aliphatic heterocycles. The summed E-state index contributed by atoms with van der Waals surface area (Å²) >= 11 is 0. The van der Waals surface area contributed by atoms with Crippen LogP contribution in [-0.4, -0.2) is 26.2 Å². The first kappa shape index (κ1) is 12.0. The first-order valence-electron chi connectivity index (χ1n) is 5.27. The molecule has 0 unspecified atom stereocenters. The molecule has 4 heteroatoms. The van der Waals surface area contributed by atoms with Gasteiger partial charge >= 0.3 is 11.9 Å². The SMILES string of the molecule is COC(=O)[C@H]1[C@H](C)CCC[C@H]1C(=O)OC. The van der Waals surface area contributed by atoms with Crippen LogP contribution in [-0.2, 0) is 19.1 Å². The fourth-order valence-electron chi connectivity index (χ4n) is 2.36.